The van der Waals surface area contributed by atoms with Gasteiger partial charge in [-0.05, 0) is 43.3 Å². The number of amides is 1. The Hall–Kier alpha value is -3.81. The molecule has 0 bridgehead atoms. The standard InChI is InChI=1S/C26H29N3O5/c1-16(23(31)17-10-12-18(13-11-17)27-25(33)26(2,3)4)34-22(30)15-14-21-28-20-9-7-6-8-19(20)24(32)29(21)5/h6-13,16H,14-15H2,1-5H3,(H,27,33). The highest BCUT2D eigenvalue weighted by molar-refractivity contribution is 6.01. The van der Waals surface area contributed by atoms with Crippen molar-refractivity contribution >= 4 is 34.3 Å². The Morgan fingerprint density at radius 3 is 2.35 bits per heavy atom. The number of para-hydroxylation sites is 1. The minimum atomic E-state index is -0.976. The number of aryl methyl sites for hydroxylation is 1. The molecule has 0 spiro atoms. The molecule has 1 N–H and O–H groups in total. The van der Waals surface area contributed by atoms with E-state index in [2.05, 4.69) is 10.3 Å². The monoisotopic (exact) mass is 463 g/mol. The van der Waals surface area contributed by atoms with Crippen LogP contribution >= 0.6 is 0 Å². The topological polar surface area (TPSA) is 107 Å². The van der Waals surface area contributed by atoms with E-state index in [-0.39, 0.29) is 30.1 Å². The Bertz CT molecular complexity index is 1290. The van der Waals surface area contributed by atoms with Gasteiger partial charge in [-0.25, -0.2) is 4.98 Å². The van der Waals surface area contributed by atoms with Gasteiger partial charge in [-0.15, -0.1) is 0 Å². The van der Waals surface area contributed by atoms with Gasteiger partial charge in [0.1, 0.15) is 5.82 Å². The highest BCUT2D eigenvalue weighted by atomic mass is 16.5. The number of carbonyl (C=O) groups is 3. The summed E-state index contributed by atoms with van der Waals surface area (Å²) in [5.74, 6) is -0.574. The molecule has 34 heavy (non-hydrogen) atoms. The Balaban J connectivity index is 1.59. The molecule has 0 aliphatic rings. The van der Waals surface area contributed by atoms with E-state index in [0.717, 1.165) is 0 Å². The van der Waals surface area contributed by atoms with Crippen molar-refractivity contribution in [1.29, 1.82) is 0 Å². The number of ketones is 1. The summed E-state index contributed by atoms with van der Waals surface area (Å²) in [5.41, 5.74) is 0.799. The second kappa shape index (κ2) is 9.99. The number of ether oxygens (including phenoxy) is 1. The molecule has 0 radical (unpaired) electrons. The molecule has 3 aromatic rings. The first-order valence-corrected chi connectivity index (χ1v) is 11.1. The molecule has 0 fully saturated rings. The molecule has 1 amide bonds. The van der Waals surface area contributed by atoms with Gasteiger partial charge in [0.2, 0.25) is 11.7 Å². The van der Waals surface area contributed by atoms with E-state index < -0.39 is 17.5 Å². The average Bonchev–Trinajstić information content (AvgIpc) is 2.80. The highest BCUT2D eigenvalue weighted by Gasteiger charge is 2.22. The van der Waals surface area contributed by atoms with Gasteiger partial charge in [-0.1, -0.05) is 32.9 Å². The number of rotatable bonds is 7. The van der Waals surface area contributed by atoms with Crippen molar-refractivity contribution in [3.05, 3.63) is 70.3 Å². The van der Waals surface area contributed by atoms with Gasteiger partial charge in [0.05, 0.1) is 17.3 Å². The largest absolute Gasteiger partial charge is 0.454 e. The molecule has 0 saturated carbocycles. The van der Waals surface area contributed by atoms with Gasteiger partial charge in [0, 0.05) is 30.1 Å². The number of anilines is 1. The van der Waals surface area contributed by atoms with E-state index in [1.54, 1.807) is 55.6 Å². The van der Waals surface area contributed by atoms with E-state index in [1.807, 2.05) is 20.8 Å². The van der Waals surface area contributed by atoms with Crippen LogP contribution < -0.4 is 10.9 Å². The Kier molecular flexibility index (Phi) is 7.29. The second-order valence-electron chi connectivity index (χ2n) is 9.19. The summed E-state index contributed by atoms with van der Waals surface area (Å²) < 4.78 is 6.73. The summed E-state index contributed by atoms with van der Waals surface area (Å²) in [4.78, 5) is 54.1. The zero-order valence-electron chi connectivity index (χ0n) is 20.0. The van der Waals surface area contributed by atoms with Crippen molar-refractivity contribution in [3.8, 4) is 0 Å². The first kappa shape index (κ1) is 24.8. The molecule has 178 valence electrons. The zero-order chi connectivity index (χ0) is 25.0. The molecule has 1 aromatic heterocycles. The van der Waals surface area contributed by atoms with Gasteiger partial charge in [0.15, 0.2) is 6.10 Å². The number of hydrogen-bond donors (Lipinski definition) is 1. The lowest BCUT2D eigenvalue weighted by atomic mass is 9.95. The first-order chi connectivity index (χ1) is 16.0. The fraction of sp³-hybridized carbons (Fsp3) is 0.346. The van der Waals surface area contributed by atoms with E-state index in [9.17, 15) is 19.2 Å². The summed E-state index contributed by atoms with van der Waals surface area (Å²) in [6, 6.07) is 13.5. The maximum absolute atomic E-state index is 12.7. The first-order valence-electron chi connectivity index (χ1n) is 11.1. The fourth-order valence-electron chi connectivity index (χ4n) is 3.28. The van der Waals surface area contributed by atoms with E-state index in [0.29, 0.717) is 28.0 Å². The molecule has 0 aliphatic carbocycles. The minimum Gasteiger partial charge on any atom is -0.454 e. The van der Waals surface area contributed by atoms with Crippen molar-refractivity contribution < 1.29 is 19.1 Å². The lowest BCUT2D eigenvalue weighted by Crippen LogP contribution is -2.27. The predicted octanol–water partition coefficient (Wildman–Crippen LogP) is 3.67. The van der Waals surface area contributed by atoms with Crippen molar-refractivity contribution in [3.63, 3.8) is 0 Å². The maximum Gasteiger partial charge on any atom is 0.306 e. The molecule has 2 aromatic carbocycles. The minimum absolute atomic E-state index is 0.0198. The number of nitrogens with one attached hydrogen (secondary N) is 1. The van der Waals surface area contributed by atoms with Crippen LogP contribution in [0.4, 0.5) is 5.69 Å². The van der Waals surface area contributed by atoms with Crippen LogP contribution in [0, 0.1) is 5.41 Å². The van der Waals surface area contributed by atoms with Crippen LogP contribution in [-0.4, -0.2) is 33.3 Å². The third-order valence-electron chi connectivity index (χ3n) is 5.41. The molecule has 3 rings (SSSR count). The summed E-state index contributed by atoms with van der Waals surface area (Å²) in [6.45, 7) is 6.95. The second-order valence-corrected chi connectivity index (χ2v) is 9.19. The van der Waals surface area contributed by atoms with Gasteiger partial charge < -0.3 is 10.1 Å². The summed E-state index contributed by atoms with van der Waals surface area (Å²) >= 11 is 0. The number of fused-ring (bicyclic) bond motifs is 1. The summed E-state index contributed by atoms with van der Waals surface area (Å²) in [5, 5.41) is 3.31. The molecule has 1 unspecified atom stereocenters. The Labute approximate surface area is 198 Å². The number of Topliss-reactive ketones (excluding diaryl/α,β-unsaturated/α-hetero) is 1. The van der Waals surface area contributed by atoms with Crippen LogP contribution in [0.2, 0.25) is 0 Å². The van der Waals surface area contributed by atoms with Crippen molar-refractivity contribution in [2.75, 3.05) is 5.32 Å². The normalized spacial score (nSPS) is 12.3. The number of aromatic nitrogens is 2. The van der Waals surface area contributed by atoms with Gasteiger partial charge in [-0.2, -0.15) is 0 Å². The Morgan fingerprint density at radius 1 is 1.06 bits per heavy atom. The number of carbonyl (C=O) groups excluding carboxylic acids is 3. The molecular weight excluding hydrogens is 434 g/mol. The van der Waals surface area contributed by atoms with Crippen molar-refractivity contribution in [1.82, 2.24) is 9.55 Å². The number of hydrogen-bond acceptors (Lipinski definition) is 6. The van der Waals surface area contributed by atoms with Crippen molar-refractivity contribution in [2.24, 2.45) is 12.5 Å². The third kappa shape index (κ3) is 5.75. The van der Waals surface area contributed by atoms with Crippen LogP contribution in [-0.2, 0) is 27.8 Å². The lowest BCUT2D eigenvalue weighted by molar-refractivity contribution is -0.146. The zero-order valence-corrected chi connectivity index (χ0v) is 20.0. The molecule has 0 saturated heterocycles. The number of nitrogens with zero attached hydrogens (tertiary/aromatic N) is 2. The van der Waals surface area contributed by atoms with Crippen LogP contribution in [0.25, 0.3) is 10.9 Å². The quantitative estimate of drug-likeness (QED) is 0.423. The Morgan fingerprint density at radius 2 is 1.71 bits per heavy atom. The van der Waals surface area contributed by atoms with E-state index >= 15 is 0 Å². The third-order valence-corrected chi connectivity index (χ3v) is 5.41. The molecule has 8 nitrogen and oxygen atoms in total. The lowest BCUT2D eigenvalue weighted by Gasteiger charge is -2.18. The number of esters is 1. The number of benzene rings is 2. The molecular formula is C26H29N3O5. The molecule has 1 atom stereocenters. The van der Waals surface area contributed by atoms with Crippen LogP contribution in [0.1, 0.15) is 50.3 Å². The van der Waals surface area contributed by atoms with Crippen LogP contribution in [0.3, 0.4) is 0 Å². The van der Waals surface area contributed by atoms with Gasteiger partial charge in [0.25, 0.3) is 5.56 Å². The summed E-state index contributed by atoms with van der Waals surface area (Å²) in [6.07, 6.45) is -0.789. The van der Waals surface area contributed by atoms with Gasteiger partial charge >= 0.3 is 5.97 Å². The predicted molar refractivity (Wildman–Crippen MR) is 130 cm³/mol. The fourth-order valence-corrected chi connectivity index (χ4v) is 3.28. The van der Waals surface area contributed by atoms with Gasteiger partial charge in [-0.3, -0.25) is 23.7 Å². The molecule has 1 heterocycles. The van der Waals surface area contributed by atoms with Crippen LogP contribution in [0.15, 0.2) is 53.3 Å². The van der Waals surface area contributed by atoms with Crippen LogP contribution in [0.5, 0.6) is 0 Å². The highest BCUT2D eigenvalue weighted by Crippen LogP contribution is 2.18. The SMILES string of the molecule is CC(OC(=O)CCc1nc2ccccc2c(=O)n1C)C(=O)c1ccc(NC(=O)C(C)(C)C)cc1. The van der Waals surface area contributed by atoms with E-state index in [1.165, 1.54) is 11.5 Å². The molecule has 8 heteroatoms. The molecule has 0 aliphatic heterocycles. The summed E-state index contributed by atoms with van der Waals surface area (Å²) in [7, 11) is 1.61. The average molecular weight is 464 g/mol. The maximum atomic E-state index is 12.7. The van der Waals surface area contributed by atoms with E-state index in [4.69, 9.17) is 4.74 Å². The smallest absolute Gasteiger partial charge is 0.306 e. The van der Waals surface area contributed by atoms with Crippen molar-refractivity contribution in [2.45, 2.75) is 46.6 Å².